The Hall–Kier alpha value is -2.26. The van der Waals surface area contributed by atoms with Gasteiger partial charge < -0.3 is 5.11 Å². The molecule has 0 unspecified atom stereocenters. The van der Waals surface area contributed by atoms with Gasteiger partial charge in [0.1, 0.15) is 6.54 Å². The van der Waals surface area contributed by atoms with Crippen LogP contribution in [0.2, 0.25) is 0 Å². The van der Waals surface area contributed by atoms with E-state index < -0.39 is 34.4 Å². The second-order valence-electron chi connectivity index (χ2n) is 4.56. The third-order valence-electron chi connectivity index (χ3n) is 2.87. The standard InChI is InChI=1S/C12H12N2O6S/c1-21(19,20)13-5-7-2-3-8-9(4-7)12(18)14(11(8)17)6-10(15)16/h2-4,13H,5-6H2,1H3,(H,15,16). The minimum Gasteiger partial charge on any atom is -0.480 e. The fourth-order valence-corrected chi connectivity index (χ4v) is 2.37. The average molecular weight is 312 g/mol. The van der Waals surface area contributed by atoms with Crippen LogP contribution in [-0.4, -0.2) is 49.0 Å². The Morgan fingerprint density at radius 3 is 2.43 bits per heavy atom. The molecule has 9 heteroatoms. The van der Waals surface area contributed by atoms with E-state index >= 15 is 0 Å². The molecule has 2 amide bonds. The summed E-state index contributed by atoms with van der Waals surface area (Å²) in [5.74, 6) is -2.65. The number of nitrogens with one attached hydrogen (secondary N) is 1. The van der Waals surface area contributed by atoms with Gasteiger partial charge in [-0.2, -0.15) is 0 Å². The minimum atomic E-state index is -3.38. The molecule has 21 heavy (non-hydrogen) atoms. The van der Waals surface area contributed by atoms with Crippen molar-refractivity contribution in [2.24, 2.45) is 0 Å². The van der Waals surface area contributed by atoms with Gasteiger partial charge in [-0.3, -0.25) is 19.3 Å². The first kappa shape index (κ1) is 15.1. The Labute approximate surface area is 120 Å². The summed E-state index contributed by atoms with van der Waals surface area (Å²) < 4.78 is 24.3. The van der Waals surface area contributed by atoms with E-state index in [1.807, 2.05) is 0 Å². The Balaban J connectivity index is 2.27. The molecule has 1 heterocycles. The summed E-state index contributed by atoms with van der Waals surface area (Å²) in [7, 11) is -3.38. The highest BCUT2D eigenvalue weighted by Crippen LogP contribution is 2.23. The number of fused-ring (bicyclic) bond motifs is 1. The molecule has 1 aromatic rings. The van der Waals surface area contributed by atoms with Gasteiger partial charge in [-0.25, -0.2) is 13.1 Å². The first-order chi connectivity index (χ1) is 9.69. The molecule has 0 bridgehead atoms. The highest BCUT2D eigenvalue weighted by molar-refractivity contribution is 7.88. The third-order valence-corrected chi connectivity index (χ3v) is 3.54. The molecule has 8 nitrogen and oxygen atoms in total. The summed E-state index contributed by atoms with van der Waals surface area (Å²) in [6, 6.07) is 4.28. The number of rotatable bonds is 5. The summed E-state index contributed by atoms with van der Waals surface area (Å²) >= 11 is 0. The molecule has 0 radical (unpaired) electrons. The van der Waals surface area contributed by atoms with E-state index in [0.717, 1.165) is 6.26 Å². The van der Waals surface area contributed by atoms with Crippen LogP contribution in [0.5, 0.6) is 0 Å². The molecule has 0 fully saturated rings. The van der Waals surface area contributed by atoms with Crippen molar-refractivity contribution in [1.29, 1.82) is 0 Å². The number of hydrogen-bond acceptors (Lipinski definition) is 5. The van der Waals surface area contributed by atoms with Crippen LogP contribution in [0.15, 0.2) is 18.2 Å². The van der Waals surface area contributed by atoms with Gasteiger partial charge in [0, 0.05) is 6.54 Å². The van der Waals surface area contributed by atoms with Crippen molar-refractivity contribution >= 4 is 27.8 Å². The number of carbonyl (C=O) groups excluding carboxylic acids is 2. The number of carboxylic acids is 1. The lowest BCUT2D eigenvalue weighted by atomic mass is 10.1. The van der Waals surface area contributed by atoms with Gasteiger partial charge in [-0.15, -0.1) is 0 Å². The smallest absolute Gasteiger partial charge is 0.323 e. The van der Waals surface area contributed by atoms with Crippen LogP contribution in [0.25, 0.3) is 0 Å². The summed E-state index contributed by atoms with van der Waals surface area (Å²) in [5.41, 5.74) is 0.691. The molecule has 1 aliphatic heterocycles. The van der Waals surface area contributed by atoms with Gasteiger partial charge in [0.05, 0.1) is 17.4 Å². The molecular weight excluding hydrogens is 300 g/mol. The predicted molar refractivity (Wildman–Crippen MR) is 71.1 cm³/mol. The first-order valence-electron chi connectivity index (χ1n) is 5.84. The second kappa shape index (κ2) is 5.26. The zero-order valence-corrected chi connectivity index (χ0v) is 11.8. The van der Waals surface area contributed by atoms with Crippen LogP contribution >= 0.6 is 0 Å². The maximum absolute atomic E-state index is 12.0. The largest absolute Gasteiger partial charge is 0.480 e. The summed E-state index contributed by atoms with van der Waals surface area (Å²) in [5, 5.41) is 8.69. The fraction of sp³-hybridized carbons (Fsp3) is 0.250. The Kier molecular flexibility index (Phi) is 3.79. The van der Waals surface area contributed by atoms with Gasteiger partial charge in [-0.05, 0) is 17.7 Å². The molecule has 0 saturated heterocycles. The lowest BCUT2D eigenvalue weighted by Crippen LogP contribution is -2.34. The van der Waals surface area contributed by atoms with E-state index in [9.17, 15) is 22.8 Å². The first-order valence-corrected chi connectivity index (χ1v) is 7.74. The lowest BCUT2D eigenvalue weighted by Gasteiger charge is -2.09. The van der Waals surface area contributed by atoms with Crippen molar-refractivity contribution in [2.75, 3.05) is 12.8 Å². The monoisotopic (exact) mass is 312 g/mol. The van der Waals surface area contributed by atoms with Crippen molar-refractivity contribution in [3.8, 4) is 0 Å². The second-order valence-corrected chi connectivity index (χ2v) is 6.40. The average Bonchev–Trinajstić information content (AvgIpc) is 2.60. The molecule has 0 saturated carbocycles. The van der Waals surface area contributed by atoms with Gasteiger partial charge in [0.25, 0.3) is 11.8 Å². The maximum atomic E-state index is 12.0. The number of imide groups is 1. The molecule has 1 aliphatic rings. The Morgan fingerprint density at radius 1 is 1.24 bits per heavy atom. The number of benzene rings is 1. The van der Waals surface area contributed by atoms with E-state index in [2.05, 4.69) is 4.72 Å². The van der Waals surface area contributed by atoms with E-state index in [0.29, 0.717) is 10.5 Å². The minimum absolute atomic E-state index is 0.0213. The van der Waals surface area contributed by atoms with Crippen LogP contribution in [0.1, 0.15) is 26.3 Å². The van der Waals surface area contributed by atoms with Gasteiger partial charge in [-0.1, -0.05) is 6.07 Å². The number of sulfonamides is 1. The van der Waals surface area contributed by atoms with Crippen LogP contribution in [-0.2, 0) is 21.4 Å². The molecule has 0 aromatic heterocycles. The highest BCUT2D eigenvalue weighted by atomic mass is 32.2. The van der Waals surface area contributed by atoms with E-state index in [4.69, 9.17) is 5.11 Å². The number of hydrogen-bond donors (Lipinski definition) is 2. The van der Waals surface area contributed by atoms with E-state index in [1.165, 1.54) is 18.2 Å². The number of nitrogens with zero attached hydrogens (tertiary/aromatic N) is 1. The lowest BCUT2D eigenvalue weighted by molar-refractivity contribution is -0.137. The number of amides is 2. The SMILES string of the molecule is CS(=O)(=O)NCc1ccc2c(c1)C(=O)N(CC(=O)O)C2=O. The molecule has 0 atom stereocenters. The van der Waals surface area contributed by atoms with Gasteiger partial charge in [0.2, 0.25) is 10.0 Å². The topological polar surface area (TPSA) is 121 Å². The molecule has 2 rings (SSSR count). The van der Waals surface area contributed by atoms with Gasteiger partial charge in [0.15, 0.2) is 0 Å². The number of carbonyl (C=O) groups is 3. The molecule has 2 N–H and O–H groups in total. The molecule has 1 aromatic carbocycles. The van der Waals surface area contributed by atoms with E-state index in [1.54, 1.807) is 0 Å². The molecule has 0 aliphatic carbocycles. The maximum Gasteiger partial charge on any atom is 0.323 e. The fourth-order valence-electron chi connectivity index (χ4n) is 1.94. The van der Waals surface area contributed by atoms with Crippen LogP contribution < -0.4 is 4.72 Å². The van der Waals surface area contributed by atoms with Crippen LogP contribution in [0.4, 0.5) is 0 Å². The normalized spacial score (nSPS) is 14.4. The van der Waals surface area contributed by atoms with E-state index in [-0.39, 0.29) is 17.7 Å². The predicted octanol–water partition coefficient (Wildman–Crippen LogP) is -0.584. The number of aliphatic carboxylic acids is 1. The Morgan fingerprint density at radius 2 is 1.86 bits per heavy atom. The van der Waals surface area contributed by atoms with Crippen LogP contribution in [0.3, 0.4) is 0 Å². The quantitative estimate of drug-likeness (QED) is 0.701. The zero-order chi connectivity index (χ0) is 15.8. The third kappa shape index (κ3) is 3.26. The number of carboxylic acid groups (broad SMARTS) is 1. The van der Waals surface area contributed by atoms with Crippen LogP contribution in [0, 0.1) is 0 Å². The Bertz CT molecular complexity index is 740. The highest BCUT2D eigenvalue weighted by Gasteiger charge is 2.36. The molecule has 0 spiro atoms. The van der Waals surface area contributed by atoms with Crippen molar-refractivity contribution < 1.29 is 27.9 Å². The summed E-state index contributed by atoms with van der Waals surface area (Å²) in [6.45, 7) is -0.726. The van der Waals surface area contributed by atoms with Crippen molar-refractivity contribution in [2.45, 2.75) is 6.54 Å². The summed E-state index contributed by atoms with van der Waals surface area (Å²) in [4.78, 5) is 35.2. The summed E-state index contributed by atoms with van der Waals surface area (Å²) in [6.07, 6.45) is 1.00. The van der Waals surface area contributed by atoms with Crippen molar-refractivity contribution in [1.82, 2.24) is 9.62 Å². The van der Waals surface area contributed by atoms with Crippen molar-refractivity contribution in [3.63, 3.8) is 0 Å². The zero-order valence-electron chi connectivity index (χ0n) is 11.0. The molecule has 112 valence electrons. The van der Waals surface area contributed by atoms with Gasteiger partial charge >= 0.3 is 5.97 Å². The molecular formula is C12H12N2O6S. The van der Waals surface area contributed by atoms with Crippen molar-refractivity contribution in [3.05, 3.63) is 34.9 Å².